The summed E-state index contributed by atoms with van der Waals surface area (Å²) in [5, 5.41) is 2.92. The first-order valence-corrected chi connectivity index (χ1v) is 8.49. The van der Waals surface area contributed by atoms with Gasteiger partial charge < -0.3 is 14.6 Å². The highest BCUT2D eigenvalue weighted by molar-refractivity contribution is 6.07. The van der Waals surface area contributed by atoms with Gasteiger partial charge in [0.1, 0.15) is 0 Å². The molecule has 1 aromatic heterocycles. The Kier molecular flexibility index (Phi) is 4.05. The number of amides is 2. The Hall–Kier alpha value is -3.34. The Balaban J connectivity index is 1.59. The van der Waals surface area contributed by atoms with Crippen LogP contribution in [0.1, 0.15) is 32.0 Å². The maximum absolute atomic E-state index is 12.6. The third kappa shape index (κ3) is 2.88. The van der Waals surface area contributed by atoms with Crippen LogP contribution in [0.2, 0.25) is 0 Å². The largest absolute Gasteiger partial charge is 0.459 e. The van der Waals surface area contributed by atoms with E-state index in [1.54, 1.807) is 23.1 Å². The summed E-state index contributed by atoms with van der Waals surface area (Å²) in [4.78, 5) is 26.8. The van der Waals surface area contributed by atoms with Gasteiger partial charge in [0.15, 0.2) is 5.76 Å². The minimum Gasteiger partial charge on any atom is -0.459 e. The fraction of sp³-hybridized carbons (Fsp3) is 0.143. The average Bonchev–Trinajstić information content (AvgIpc) is 3.31. The minimum absolute atomic E-state index is 0.162. The number of anilines is 2. The van der Waals surface area contributed by atoms with E-state index >= 15 is 0 Å². The van der Waals surface area contributed by atoms with Crippen LogP contribution in [-0.4, -0.2) is 18.4 Å². The van der Waals surface area contributed by atoms with Gasteiger partial charge in [0.25, 0.3) is 11.8 Å². The molecule has 5 nitrogen and oxygen atoms in total. The summed E-state index contributed by atoms with van der Waals surface area (Å²) >= 11 is 0. The van der Waals surface area contributed by atoms with E-state index in [1.165, 1.54) is 6.26 Å². The van der Waals surface area contributed by atoms with Crippen LogP contribution in [0.4, 0.5) is 11.4 Å². The number of hydrogen-bond acceptors (Lipinski definition) is 3. The molecule has 0 atom stereocenters. The van der Waals surface area contributed by atoms with Crippen molar-refractivity contribution < 1.29 is 14.0 Å². The van der Waals surface area contributed by atoms with Gasteiger partial charge in [0.05, 0.1) is 6.26 Å². The molecule has 0 saturated heterocycles. The van der Waals surface area contributed by atoms with Crippen LogP contribution in [0.15, 0.2) is 65.3 Å². The summed E-state index contributed by atoms with van der Waals surface area (Å²) in [5.41, 5.74) is 4.11. The summed E-state index contributed by atoms with van der Waals surface area (Å²) in [6, 6.07) is 16.5. The highest BCUT2D eigenvalue weighted by atomic mass is 16.3. The second-order valence-corrected chi connectivity index (χ2v) is 6.30. The molecule has 0 bridgehead atoms. The van der Waals surface area contributed by atoms with E-state index in [1.807, 2.05) is 43.3 Å². The van der Waals surface area contributed by atoms with E-state index in [9.17, 15) is 9.59 Å². The molecular weight excluding hydrogens is 328 g/mol. The minimum atomic E-state index is -0.170. The number of fused-ring (bicyclic) bond motifs is 1. The smallest absolute Gasteiger partial charge is 0.293 e. The van der Waals surface area contributed by atoms with Gasteiger partial charge in [-0.05, 0) is 54.8 Å². The fourth-order valence-electron chi connectivity index (χ4n) is 3.23. The third-order valence-electron chi connectivity index (χ3n) is 4.61. The molecule has 0 saturated carbocycles. The molecule has 2 amide bonds. The van der Waals surface area contributed by atoms with Crippen LogP contribution >= 0.6 is 0 Å². The number of furan rings is 1. The van der Waals surface area contributed by atoms with Crippen molar-refractivity contribution in [2.75, 3.05) is 16.8 Å². The summed E-state index contributed by atoms with van der Waals surface area (Å²) in [5.74, 6) is -0.0201. The summed E-state index contributed by atoms with van der Waals surface area (Å²) in [6.07, 6.45) is 2.27. The molecule has 0 aliphatic carbocycles. The second kappa shape index (κ2) is 6.52. The first-order chi connectivity index (χ1) is 12.6. The number of carbonyl (C=O) groups is 2. The van der Waals surface area contributed by atoms with Crippen molar-refractivity contribution in [1.29, 1.82) is 0 Å². The van der Waals surface area contributed by atoms with E-state index < -0.39 is 0 Å². The number of aryl methyl sites for hydroxylation is 1. The monoisotopic (exact) mass is 346 g/mol. The Morgan fingerprint density at radius 1 is 1.08 bits per heavy atom. The van der Waals surface area contributed by atoms with Crippen molar-refractivity contribution in [2.24, 2.45) is 0 Å². The lowest BCUT2D eigenvalue weighted by Crippen LogP contribution is -2.28. The lowest BCUT2D eigenvalue weighted by molar-refractivity contribution is 0.0962. The third-order valence-corrected chi connectivity index (χ3v) is 4.61. The van der Waals surface area contributed by atoms with E-state index in [0.29, 0.717) is 23.6 Å². The van der Waals surface area contributed by atoms with Gasteiger partial charge in [0, 0.05) is 23.5 Å². The number of nitrogens with one attached hydrogen (secondary N) is 1. The van der Waals surface area contributed by atoms with Crippen LogP contribution in [0.5, 0.6) is 0 Å². The number of hydrogen-bond donors (Lipinski definition) is 1. The van der Waals surface area contributed by atoms with E-state index in [2.05, 4.69) is 5.32 Å². The molecule has 1 aliphatic rings. The van der Waals surface area contributed by atoms with Crippen LogP contribution < -0.4 is 10.2 Å². The Bertz CT molecular complexity index is 977. The molecule has 1 aliphatic heterocycles. The van der Waals surface area contributed by atoms with Crippen molar-refractivity contribution in [3.05, 3.63) is 83.3 Å². The summed E-state index contributed by atoms with van der Waals surface area (Å²) < 4.78 is 5.23. The topological polar surface area (TPSA) is 62.6 Å². The van der Waals surface area contributed by atoms with Gasteiger partial charge in [0.2, 0.25) is 0 Å². The number of nitrogens with zero attached hydrogens (tertiary/aromatic N) is 1. The zero-order chi connectivity index (χ0) is 18.1. The predicted molar refractivity (Wildman–Crippen MR) is 99.7 cm³/mol. The fourth-order valence-corrected chi connectivity index (χ4v) is 3.23. The maximum Gasteiger partial charge on any atom is 0.293 e. The second-order valence-electron chi connectivity index (χ2n) is 6.30. The van der Waals surface area contributed by atoms with Gasteiger partial charge in [-0.2, -0.15) is 0 Å². The van der Waals surface area contributed by atoms with Crippen molar-refractivity contribution >= 4 is 23.2 Å². The van der Waals surface area contributed by atoms with Crippen LogP contribution in [-0.2, 0) is 6.42 Å². The Morgan fingerprint density at radius 3 is 2.69 bits per heavy atom. The van der Waals surface area contributed by atoms with E-state index in [4.69, 9.17) is 4.42 Å². The van der Waals surface area contributed by atoms with Crippen molar-refractivity contribution in [2.45, 2.75) is 13.3 Å². The van der Waals surface area contributed by atoms with Gasteiger partial charge in [-0.15, -0.1) is 0 Å². The zero-order valence-electron chi connectivity index (χ0n) is 14.4. The van der Waals surface area contributed by atoms with Crippen molar-refractivity contribution in [3.63, 3.8) is 0 Å². The van der Waals surface area contributed by atoms with Gasteiger partial charge >= 0.3 is 0 Å². The molecular formula is C21H18N2O3. The van der Waals surface area contributed by atoms with Gasteiger partial charge in [-0.1, -0.05) is 24.3 Å². The molecule has 2 heterocycles. The molecule has 3 aromatic rings. The van der Waals surface area contributed by atoms with Crippen LogP contribution in [0.3, 0.4) is 0 Å². The number of rotatable bonds is 3. The Morgan fingerprint density at radius 2 is 1.92 bits per heavy atom. The van der Waals surface area contributed by atoms with Crippen LogP contribution in [0.25, 0.3) is 0 Å². The van der Waals surface area contributed by atoms with Gasteiger partial charge in [-0.25, -0.2) is 0 Å². The number of carbonyl (C=O) groups excluding carboxylic acids is 2. The first kappa shape index (κ1) is 16.1. The average molecular weight is 346 g/mol. The Labute approximate surface area is 151 Å². The van der Waals surface area contributed by atoms with E-state index in [0.717, 1.165) is 23.2 Å². The molecule has 0 spiro atoms. The maximum atomic E-state index is 12.6. The highest BCUT2D eigenvalue weighted by Crippen LogP contribution is 2.32. The standard InChI is InChI=1S/C21H18N2O3/c1-14-5-2-3-6-17(14)20(24)22-16-9-8-15-10-11-23(18(15)13-16)21(25)19-7-4-12-26-19/h2-9,12-13H,10-11H2,1H3,(H,22,24). The molecule has 130 valence electrons. The normalized spacial score (nSPS) is 12.7. The molecule has 1 N–H and O–H groups in total. The van der Waals surface area contributed by atoms with Crippen molar-refractivity contribution in [1.82, 2.24) is 0 Å². The highest BCUT2D eigenvalue weighted by Gasteiger charge is 2.27. The molecule has 0 unspecified atom stereocenters. The predicted octanol–water partition coefficient (Wildman–Crippen LogP) is 4.04. The van der Waals surface area contributed by atoms with Crippen molar-refractivity contribution in [3.8, 4) is 0 Å². The molecule has 5 heteroatoms. The summed E-state index contributed by atoms with van der Waals surface area (Å²) in [6.45, 7) is 2.51. The van der Waals surface area contributed by atoms with Gasteiger partial charge in [-0.3, -0.25) is 9.59 Å². The molecule has 2 aromatic carbocycles. The SMILES string of the molecule is Cc1ccccc1C(=O)Nc1ccc2c(c1)N(C(=O)c1ccco1)CC2. The molecule has 26 heavy (non-hydrogen) atoms. The zero-order valence-corrected chi connectivity index (χ0v) is 14.4. The lowest BCUT2D eigenvalue weighted by Gasteiger charge is -2.17. The van der Waals surface area contributed by atoms with E-state index in [-0.39, 0.29) is 11.8 Å². The molecule has 0 fully saturated rings. The summed E-state index contributed by atoms with van der Waals surface area (Å²) in [7, 11) is 0. The lowest BCUT2D eigenvalue weighted by atomic mass is 10.1. The van der Waals surface area contributed by atoms with Crippen LogP contribution in [0, 0.1) is 6.92 Å². The molecule has 0 radical (unpaired) electrons. The number of benzene rings is 2. The molecule has 4 rings (SSSR count). The quantitative estimate of drug-likeness (QED) is 0.778. The first-order valence-electron chi connectivity index (χ1n) is 8.49.